The van der Waals surface area contributed by atoms with Gasteiger partial charge in [-0.25, -0.2) is 0 Å². The molecule has 124 valence electrons. The molecule has 2 aromatic heterocycles. The van der Waals surface area contributed by atoms with Crippen molar-refractivity contribution in [3.8, 4) is 0 Å². The van der Waals surface area contributed by atoms with Crippen molar-refractivity contribution >= 4 is 11.8 Å². The van der Waals surface area contributed by atoms with Crippen molar-refractivity contribution < 1.29 is 9.32 Å². The van der Waals surface area contributed by atoms with Crippen LogP contribution < -0.4 is 5.32 Å². The molecule has 0 spiro atoms. The first-order valence-electron chi connectivity index (χ1n) is 8.03. The maximum atomic E-state index is 12.4. The molecule has 1 saturated heterocycles. The van der Waals surface area contributed by atoms with Crippen LogP contribution in [0.5, 0.6) is 0 Å². The highest BCUT2D eigenvalue weighted by Gasteiger charge is 2.29. The van der Waals surface area contributed by atoms with Crippen LogP contribution in [0.1, 0.15) is 42.8 Å². The molecule has 1 aliphatic heterocycles. The number of hydrogen-bond acceptors (Lipinski definition) is 5. The Morgan fingerprint density at radius 2 is 2.30 bits per heavy atom. The van der Waals surface area contributed by atoms with Gasteiger partial charge in [0.2, 0.25) is 11.8 Å². The molecule has 1 amide bonds. The average Bonchev–Trinajstić information content (AvgIpc) is 3.15. The monoisotopic (exact) mass is 317 g/mol. The van der Waals surface area contributed by atoms with Crippen LogP contribution in [0.2, 0.25) is 0 Å². The summed E-state index contributed by atoms with van der Waals surface area (Å²) in [5, 5.41) is 13.9. The molecule has 0 radical (unpaired) electrons. The molecule has 0 aromatic carbocycles. The number of carbonyl (C=O) groups is 1. The molecule has 0 aliphatic carbocycles. The molecule has 2 N–H and O–H groups in total. The molecule has 2 aromatic rings. The normalized spacial score (nSPS) is 20.4. The number of nitrogens with one attached hydrogen (secondary N) is 2. The van der Waals surface area contributed by atoms with Gasteiger partial charge in [0.15, 0.2) is 0 Å². The third-order valence-electron chi connectivity index (χ3n) is 4.40. The first-order valence-corrected chi connectivity index (χ1v) is 8.03. The smallest absolute Gasteiger partial charge is 0.243 e. The standard InChI is InChI=1S/C16H23N5O2/c1-10-7-14(19-18-10)13-5-4-6-21(9-13)12(3)16(22)17-15-8-11(2)20-23-15/h7-8,12-13H,4-6,9H2,1-3H3,(H,17,22)(H,18,19)/t12-,13-/m0/s1. The topological polar surface area (TPSA) is 87.0 Å². The van der Waals surface area contributed by atoms with Crippen LogP contribution in [0.25, 0.3) is 0 Å². The molecule has 23 heavy (non-hydrogen) atoms. The molecule has 7 nitrogen and oxygen atoms in total. The average molecular weight is 317 g/mol. The van der Waals surface area contributed by atoms with Gasteiger partial charge in [0, 0.05) is 24.2 Å². The number of hydrogen-bond donors (Lipinski definition) is 2. The molecule has 7 heteroatoms. The number of likely N-dealkylation sites (tertiary alicyclic amines) is 1. The third kappa shape index (κ3) is 3.61. The number of anilines is 1. The van der Waals surface area contributed by atoms with Crippen molar-refractivity contribution in [2.24, 2.45) is 0 Å². The number of H-pyrrole nitrogens is 1. The lowest BCUT2D eigenvalue weighted by Gasteiger charge is -2.35. The molecule has 1 fully saturated rings. The maximum absolute atomic E-state index is 12.4. The Hall–Kier alpha value is -2.15. The Balaban J connectivity index is 1.62. The van der Waals surface area contributed by atoms with Gasteiger partial charge in [-0.05, 0) is 46.2 Å². The van der Waals surface area contributed by atoms with E-state index in [9.17, 15) is 4.79 Å². The van der Waals surface area contributed by atoms with E-state index in [1.807, 2.05) is 20.8 Å². The second-order valence-corrected chi connectivity index (χ2v) is 6.31. The first kappa shape index (κ1) is 15.7. The summed E-state index contributed by atoms with van der Waals surface area (Å²) in [5.74, 6) is 0.701. The molecule has 3 rings (SSSR count). The van der Waals surface area contributed by atoms with Crippen LogP contribution >= 0.6 is 0 Å². The van der Waals surface area contributed by atoms with Gasteiger partial charge in [-0.15, -0.1) is 0 Å². The first-order chi connectivity index (χ1) is 11.0. The Bertz CT molecular complexity index is 678. The van der Waals surface area contributed by atoms with Gasteiger partial charge in [0.25, 0.3) is 0 Å². The minimum atomic E-state index is -0.219. The van der Waals surface area contributed by atoms with E-state index in [0.717, 1.165) is 43.0 Å². The Labute approximate surface area is 135 Å². The van der Waals surface area contributed by atoms with Gasteiger partial charge in [-0.3, -0.25) is 20.1 Å². The molecule has 3 heterocycles. The van der Waals surface area contributed by atoms with E-state index in [-0.39, 0.29) is 11.9 Å². The number of aryl methyl sites for hydroxylation is 2. The number of piperidine rings is 1. The van der Waals surface area contributed by atoms with Crippen molar-refractivity contribution in [2.45, 2.75) is 45.6 Å². The van der Waals surface area contributed by atoms with E-state index in [1.165, 1.54) is 0 Å². The fourth-order valence-electron chi connectivity index (χ4n) is 3.06. The number of aromatic nitrogens is 3. The summed E-state index contributed by atoms with van der Waals surface area (Å²) in [4.78, 5) is 14.6. The number of rotatable bonds is 4. The van der Waals surface area contributed by atoms with Crippen LogP contribution in [-0.2, 0) is 4.79 Å². The highest BCUT2D eigenvalue weighted by molar-refractivity contribution is 5.93. The van der Waals surface area contributed by atoms with Crippen LogP contribution in [0.3, 0.4) is 0 Å². The van der Waals surface area contributed by atoms with Crippen LogP contribution in [-0.4, -0.2) is 45.3 Å². The quantitative estimate of drug-likeness (QED) is 0.903. The van der Waals surface area contributed by atoms with E-state index in [1.54, 1.807) is 6.07 Å². The van der Waals surface area contributed by atoms with Crippen LogP contribution in [0.15, 0.2) is 16.7 Å². The van der Waals surface area contributed by atoms with Crippen molar-refractivity contribution in [2.75, 3.05) is 18.4 Å². The highest BCUT2D eigenvalue weighted by Crippen LogP contribution is 2.27. The van der Waals surface area contributed by atoms with E-state index < -0.39 is 0 Å². The Morgan fingerprint density at radius 3 is 2.96 bits per heavy atom. The zero-order chi connectivity index (χ0) is 16.4. The second-order valence-electron chi connectivity index (χ2n) is 6.31. The Morgan fingerprint density at radius 1 is 1.48 bits per heavy atom. The van der Waals surface area contributed by atoms with Crippen molar-refractivity contribution in [3.63, 3.8) is 0 Å². The zero-order valence-corrected chi connectivity index (χ0v) is 13.8. The predicted octanol–water partition coefficient (Wildman–Crippen LogP) is 2.22. The molecule has 2 atom stereocenters. The largest absolute Gasteiger partial charge is 0.338 e. The van der Waals surface area contributed by atoms with Gasteiger partial charge in [0.1, 0.15) is 0 Å². The van der Waals surface area contributed by atoms with E-state index >= 15 is 0 Å². The third-order valence-corrected chi connectivity index (χ3v) is 4.40. The van der Waals surface area contributed by atoms with E-state index in [0.29, 0.717) is 11.8 Å². The highest BCUT2D eigenvalue weighted by atomic mass is 16.5. The fraction of sp³-hybridized carbons (Fsp3) is 0.562. The van der Waals surface area contributed by atoms with Crippen LogP contribution in [0, 0.1) is 13.8 Å². The minimum Gasteiger partial charge on any atom is -0.338 e. The summed E-state index contributed by atoms with van der Waals surface area (Å²) in [6.45, 7) is 7.52. The number of carbonyl (C=O) groups excluding carboxylic acids is 1. The zero-order valence-electron chi connectivity index (χ0n) is 13.8. The molecule has 1 aliphatic rings. The summed E-state index contributed by atoms with van der Waals surface area (Å²) in [6.07, 6.45) is 2.17. The number of amides is 1. The van der Waals surface area contributed by atoms with Gasteiger partial charge in [0.05, 0.1) is 17.4 Å². The summed E-state index contributed by atoms with van der Waals surface area (Å²) < 4.78 is 5.05. The molecule has 0 unspecified atom stereocenters. The lowest BCUT2D eigenvalue weighted by atomic mass is 9.93. The maximum Gasteiger partial charge on any atom is 0.243 e. The van der Waals surface area contributed by atoms with Crippen LogP contribution in [0.4, 0.5) is 5.88 Å². The number of aromatic amines is 1. The van der Waals surface area contributed by atoms with E-state index in [4.69, 9.17) is 4.52 Å². The Kier molecular flexibility index (Phi) is 4.47. The predicted molar refractivity (Wildman–Crippen MR) is 86.2 cm³/mol. The molecular weight excluding hydrogens is 294 g/mol. The fourth-order valence-corrected chi connectivity index (χ4v) is 3.06. The van der Waals surface area contributed by atoms with E-state index in [2.05, 4.69) is 31.6 Å². The summed E-state index contributed by atoms with van der Waals surface area (Å²) in [5.41, 5.74) is 2.91. The summed E-state index contributed by atoms with van der Waals surface area (Å²) in [7, 11) is 0. The SMILES string of the molecule is Cc1cc(NC(=O)[C@H](C)N2CCC[C@H](c3cc(C)[nH]n3)C2)on1. The summed E-state index contributed by atoms with van der Waals surface area (Å²) >= 11 is 0. The molecular formula is C16H23N5O2. The van der Waals surface area contributed by atoms with Crippen molar-refractivity contribution in [3.05, 3.63) is 29.2 Å². The lowest BCUT2D eigenvalue weighted by Crippen LogP contribution is -2.46. The number of nitrogens with zero attached hydrogens (tertiary/aromatic N) is 3. The second kappa shape index (κ2) is 6.54. The van der Waals surface area contributed by atoms with Gasteiger partial charge in [-0.2, -0.15) is 5.10 Å². The molecule has 0 saturated carbocycles. The van der Waals surface area contributed by atoms with Crippen molar-refractivity contribution in [1.82, 2.24) is 20.3 Å². The van der Waals surface area contributed by atoms with Gasteiger partial charge < -0.3 is 4.52 Å². The molecule has 0 bridgehead atoms. The van der Waals surface area contributed by atoms with Gasteiger partial charge in [-0.1, -0.05) is 5.16 Å². The minimum absolute atomic E-state index is 0.0694. The summed E-state index contributed by atoms with van der Waals surface area (Å²) in [6, 6.07) is 3.59. The van der Waals surface area contributed by atoms with Gasteiger partial charge >= 0.3 is 0 Å². The lowest BCUT2D eigenvalue weighted by molar-refractivity contribution is -0.121. The van der Waals surface area contributed by atoms with Crippen molar-refractivity contribution in [1.29, 1.82) is 0 Å².